The predicted octanol–water partition coefficient (Wildman–Crippen LogP) is 4.28. The van der Waals surface area contributed by atoms with Gasteiger partial charge in [-0.2, -0.15) is 0 Å². The quantitative estimate of drug-likeness (QED) is 0.286. The summed E-state index contributed by atoms with van der Waals surface area (Å²) >= 11 is 0. The van der Waals surface area contributed by atoms with Gasteiger partial charge >= 0.3 is 0 Å². The molecule has 1 aromatic heterocycles. The average Bonchev–Trinajstić information content (AvgIpc) is 3.23. The Balaban J connectivity index is 0.00000341. The van der Waals surface area contributed by atoms with Crippen LogP contribution in [0.25, 0.3) is 11.5 Å². The summed E-state index contributed by atoms with van der Waals surface area (Å²) in [5.41, 5.74) is 1.56. The van der Waals surface area contributed by atoms with Crippen molar-refractivity contribution >= 4 is 40.7 Å². The zero-order chi connectivity index (χ0) is 21.3. The Hall–Kier alpha value is -1.49. The van der Waals surface area contributed by atoms with Gasteiger partial charge in [0.25, 0.3) is 0 Å². The number of halogens is 2. The van der Waals surface area contributed by atoms with Crippen LogP contribution in [0.15, 0.2) is 39.9 Å². The first-order valence-corrected chi connectivity index (χ1v) is 12.1. The third-order valence-electron chi connectivity index (χ3n) is 5.25. The summed E-state index contributed by atoms with van der Waals surface area (Å²) in [7, 11) is -0.738. The molecule has 1 aromatic carbocycles. The zero-order valence-corrected chi connectivity index (χ0v) is 21.3. The van der Waals surface area contributed by atoms with E-state index in [0.29, 0.717) is 24.9 Å². The van der Waals surface area contributed by atoms with Crippen LogP contribution in [-0.4, -0.2) is 45.3 Å². The monoisotopic (exact) mass is 562 g/mol. The molecule has 6 nitrogen and oxygen atoms in total. The molecule has 0 amide bonds. The summed E-state index contributed by atoms with van der Waals surface area (Å²) in [6, 6.07) is 6.39. The molecule has 1 aliphatic rings. The molecule has 9 heteroatoms. The van der Waals surface area contributed by atoms with E-state index in [9.17, 15) is 8.60 Å². The summed E-state index contributed by atoms with van der Waals surface area (Å²) in [4.78, 5) is 9.15. The second-order valence-electron chi connectivity index (χ2n) is 7.46. The van der Waals surface area contributed by atoms with E-state index in [-0.39, 0.29) is 35.0 Å². The largest absolute Gasteiger partial charge is 0.444 e. The summed E-state index contributed by atoms with van der Waals surface area (Å²) < 4.78 is 30.8. The standard InChI is InChI=1S/C22H31FN4O2S.HI/c1-3-24-22(27-18-6-5-7-20(14-18)30(28)4-2)25-13-12-19-15-29-21(26-19)16-8-10-17(23)11-9-16;/h8-11,15,18,20H,3-7,12-14H2,1-2H3,(H2,24,25,27);1H. The van der Waals surface area contributed by atoms with Gasteiger partial charge in [0.2, 0.25) is 5.89 Å². The van der Waals surface area contributed by atoms with Crippen LogP contribution >= 0.6 is 24.0 Å². The summed E-state index contributed by atoms with van der Waals surface area (Å²) in [5, 5.41) is 7.09. The lowest BCUT2D eigenvalue weighted by molar-refractivity contribution is 0.413. The number of nitrogens with zero attached hydrogens (tertiary/aromatic N) is 2. The third kappa shape index (κ3) is 7.85. The van der Waals surface area contributed by atoms with Crippen LogP contribution in [0.5, 0.6) is 0 Å². The molecular formula is C22H32FIN4O2S. The van der Waals surface area contributed by atoms with E-state index >= 15 is 0 Å². The van der Waals surface area contributed by atoms with Gasteiger partial charge in [-0.1, -0.05) is 13.3 Å². The molecule has 1 aliphatic carbocycles. The van der Waals surface area contributed by atoms with E-state index in [1.807, 2.05) is 13.8 Å². The Morgan fingerprint density at radius 1 is 1.29 bits per heavy atom. The van der Waals surface area contributed by atoms with Crippen LogP contribution in [0.2, 0.25) is 0 Å². The van der Waals surface area contributed by atoms with Crippen molar-refractivity contribution in [2.24, 2.45) is 4.99 Å². The number of hydrogen-bond acceptors (Lipinski definition) is 4. The lowest BCUT2D eigenvalue weighted by Gasteiger charge is -2.30. The summed E-state index contributed by atoms with van der Waals surface area (Å²) in [6.45, 7) is 5.38. The fraction of sp³-hybridized carbons (Fsp3) is 0.545. The molecule has 1 heterocycles. The van der Waals surface area contributed by atoms with Crippen LogP contribution in [0.1, 0.15) is 45.2 Å². The molecule has 3 atom stereocenters. The van der Waals surface area contributed by atoms with Gasteiger partial charge in [-0.15, -0.1) is 24.0 Å². The SMILES string of the molecule is CCNC(=NCCc1coc(-c2ccc(F)cc2)n1)NC1CCCC(S(=O)CC)C1.I. The van der Waals surface area contributed by atoms with E-state index in [4.69, 9.17) is 4.42 Å². The van der Waals surface area contributed by atoms with Crippen LogP contribution in [-0.2, 0) is 17.2 Å². The van der Waals surface area contributed by atoms with Gasteiger partial charge in [-0.25, -0.2) is 9.37 Å². The molecule has 0 radical (unpaired) electrons. The second kappa shape index (κ2) is 13.1. The minimum Gasteiger partial charge on any atom is -0.444 e. The van der Waals surface area contributed by atoms with Gasteiger partial charge < -0.3 is 15.1 Å². The van der Waals surface area contributed by atoms with Gasteiger partial charge in [0.1, 0.15) is 12.1 Å². The van der Waals surface area contributed by atoms with Gasteiger partial charge in [0, 0.05) is 52.9 Å². The third-order valence-corrected chi connectivity index (χ3v) is 6.99. The van der Waals surface area contributed by atoms with Gasteiger partial charge in [0.05, 0.1) is 5.69 Å². The topological polar surface area (TPSA) is 79.5 Å². The number of benzene rings is 1. The van der Waals surface area contributed by atoms with Crippen molar-refractivity contribution in [3.8, 4) is 11.5 Å². The van der Waals surface area contributed by atoms with Crippen LogP contribution in [0, 0.1) is 5.82 Å². The molecule has 0 saturated heterocycles. The molecule has 1 saturated carbocycles. The second-order valence-corrected chi connectivity index (χ2v) is 9.47. The lowest BCUT2D eigenvalue weighted by atomic mass is 9.95. The number of rotatable bonds is 8. The maximum absolute atomic E-state index is 13.1. The van der Waals surface area contributed by atoms with Gasteiger partial charge in [-0.05, 0) is 50.5 Å². The first kappa shape index (κ1) is 25.8. The minimum absolute atomic E-state index is 0. The van der Waals surface area contributed by atoms with Crippen molar-refractivity contribution in [1.82, 2.24) is 15.6 Å². The smallest absolute Gasteiger partial charge is 0.226 e. The highest BCUT2D eigenvalue weighted by atomic mass is 127. The zero-order valence-electron chi connectivity index (χ0n) is 18.1. The van der Waals surface area contributed by atoms with Crippen LogP contribution in [0.3, 0.4) is 0 Å². The van der Waals surface area contributed by atoms with E-state index < -0.39 is 10.8 Å². The first-order chi connectivity index (χ1) is 14.6. The maximum atomic E-state index is 13.1. The predicted molar refractivity (Wildman–Crippen MR) is 135 cm³/mol. The fourth-order valence-electron chi connectivity index (χ4n) is 3.69. The van der Waals surface area contributed by atoms with Crippen LogP contribution in [0.4, 0.5) is 4.39 Å². The Kier molecular flexibility index (Phi) is 10.9. The summed E-state index contributed by atoms with van der Waals surface area (Å²) in [6.07, 6.45) is 6.42. The number of nitrogens with one attached hydrogen (secondary N) is 2. The highest BCUT2D eigenvalue weighted by Crippen LogP contribution is 2.23. The number of hydrogen-bond donors (Lipinski definition) is 2. The maximum Gasteiger partial charge on any atom is 0.226 e. The Morgan fingerprint density at radius 2 is 2.06 bits per heavy atom. The number of aromatic nitrogens is 1. The van der Waals surface area contributed by atoms with Crippen LogP contribution < -0.4 is 10.6 Å². The Bertz CT molecular complexity index is 859. The Morgan fingerprint density at radius 3 is 2.77 bits per heavy atom. The van der Waals surface area contributed by atoms with Crippen molar-refractivity contribution < 1.29 is 13.0 Å². The van der Waals surface area contributed by atoms with Crippen molar-refractivity contribution in [2.45, 2.75) is 57.2 Å². The summed E-state index contributed by atoms with van der Waals surface area (Å²) in [5.74, 6) is 1.71. The van der Waals surface area contributed by atoms with E-state index in [0.717, 1.165) is 55.2 Å². The van der Waals surface area contributed by atoms with Gasteiger partial charge in [-0.3, -0.25) is 9.20 Å². The highest BCUT2D eigenvalue weighted by Gasteiger charge is 2.26. The fourth-order valence-corrected chi connectivity index (χ4v) is 5.04. The van der Waals surface area contributed by atoms with E-state index in [1.165, 1.54) is 12.1 Å². The Labute approximate surface area is 203 Å². The number of oxazole rings is 1. The molecule has 2 aromatic rings. The van der Waals surface area contributed by atoms with Crippen molar-refractivity contribution in [3.63, 3.8) is 0 Å². The minimum atomic E-state index is -0.738. The molecular weight excluding hydrogens is 530 g/mol. The highest BCUT2D eigenvalue weighted by molar-refractivity contribution is 14.0. The number of guanidine groups is 1. The molecule has 172 valence electrons. The molecule has 2 N–H and O–H groups in total. The number of aliphatic imine (C=N–C) groups is 1. The molecule has 3 rings (SSSR count). The molecule has 0 bridgehead atoms. The molecule has 0 aliphatic heterocycles. The molecule has 3 unspecified atom stereocenters. The lowest BCUT2D eigenvalue weighted by Crippen LogP contribution is -2.46. The van der Waals surface area contributed by atoms with E-state index in [2.05, 4.69) is 20.6 Å². The molecule has 31 heavy (non-hydrogen) atoms. The normalized spacial score (nSPS) is 20.0. The first-order valence-electron chi connectivity index (χ1n) is 10.7. The average molecular weight is 562 g/mol. The van der Waals surface area contributed by atoms with Crippen molar-refractivity contribution in [3.05, 3.63) is 42.0 Å². The van der Waals surface area contributed by atoms with Gasteiger partial charge in [0.15, 0.2) is 5.96 Å². The van der Waals surface area contributed by atoms with Crippen molar-refractivity contribution in [1.29, 1.82) is 0 Å². The molecule has 0 spiro atoms. The van der Waals surface area contributed by atoms with Crippen molar-refractivity contribution in [2.75, 3.05) is 18.8 Å². The molecule has 1 fully saturated rings. The van der Waals surface area contributed by atoms with E-state index in [1.54, 1.807) is 18.4 Å².